The minimum Gasteiger partial charge on any atom is -0.480 e. The molecule has 8 amide bonds. The van der Waals surface area contributed by atoms with Crippen LogP contribution in [0.5, 0.6) is 0 Å². The molecule has 0 rings (SSSR count). The van der Waals surface area contributed by atoms with Gasteiger partial charge in [0.15, 0.2) is 0 Å². The molecule has 0 spiro atoms. The molecule has 0 aliphatic rings. The number of hydrogen-bond acceptors (Lipinski definition) is 11. The van der Waals surface area contributed by atoms with Crippen molar-refractivity contribution in [1.82, 2.24) is 42.5 Å². The summed E-state index contributed by atoms with van der Waals surface area (Å²) < 4.78 is 0. The maximum Gasteiger partial charge on any atom is 0.326 e. The number of aliphatic carboxylic acids is 1. The number of rotatable bonds is 27. The molecule has 20 heteroatoms. The standard InChI is InChI=1S/C41H75N9O11/c1-14-23(11)29(42)36(55)49-31(21(7)8)38(57)46-27(18-51)35(54)44-25(13)34(53)48-32(22(9)10)39(58)50-30(20(5)6)37(56)43-17-28(52)47-33(24(12)15-2)40(59)45-26(41(60)61)16-19(3)4/h19-27,29-33,51H,14-18,42H2,1-13H3,(H,43,56)(H,44,54)(H,45,59)(H,46,57)(H,47,52)(H,48,53)(H,49,55)(H,50,58)(H,60,61)/t23-,24-,25-,26-,27-,29-,30-,31-,32-,33-/m0/s1. The number of carboxylic acid groups (broad SMARTS) is 1. The summed E-state index contributed by atoms with van der Waals surface area (Å²) >= 11 is 0. The summed E-state index contributed by atoms with van der Waals surface area (Å²) in [6.45, 7) is 20.7. The summed E-state index contributed by atoms with van der Waals surface area (Å²) in [7, 11) is 0. The van der Waals surface area contributed by atoms with E-state index in [0.717, 1.165) is 0 Å². The van der Waals surface area contributed by atoms with Gasteiger partial charge in [-0.15, -0.1) is 0 Å². The van der Waals surface area contributed by atoms with E-state index >= 15 is 0 Å². The van der Waals surface area contributed by atoms with Gasteiger partial charge in [0.05, 0.1) is 19.2 Å². The molecule has 350 valence electrons. The molecule has 0 radical (unpaired) electrons. The van der Waals surface area contributed by atoms with Crippen LogP contribution in [-0.4, -0.2) is 125 Å². The van der Waals surface area contributed by atoms with Gasteiger partial charge in [-0.05, 0) is 48.9 Å². The van der Waals surface area contributed by atoms with Crippen LogP contribution in [-0.2, 0) is 43.2 Å². The van der Waals surface area contributed by atoms with Gasteiger partial charge in [0, 0.05) is 0 Å². The monoisotopic (exact) mass is 870 g/mol. The lowest BCUT2D eigenvalue weighted by atomic mass is 9.97. The van der Waals surface area contributed by atoms with E-state index in [2.05, 4.69) is 42.5 Å². The Kier molecular flexibility index (Phi) is 25.0. The Morgan fingerprint density at radius 1 is 0.492 bits per heavy atom. The molecular formula is C41H75N9O11. The normalized spacial score (nSPS) is 16.4. The van der Waals surface area contributed by atoms with Crippen LogP contribution in [0.15, 0.2) is 0 Å². The van der Waals surface area contributed by atoms with Crippen LogP contribution in [0.3, 0.4) is 0 Å². The summed E-state index contributed by atoms with van der Waals surface area (Å²) in [4.78, 5) is 117. The third-order valence-corrected chi connectivity index (χ3v) is 10.4. The van der Waals surface area contributed by atoms with Crippen LogP contribution >= 0.6 is 0 Å². The van der Waals surface area contributed by atoms with Gasteiger partial charge in [0.1, 0.15) is 42.3 Å². The van der Waals surface area contributed by atoms with Crippen molar-refractivity contribution in [2.75, 3.05) is 13.2 Å². The van der Waals surface area contributed by atoms with E-state index < -0.39 is 132 Å². The van der Waals surface area contributed by atoms with Gasteiger partial charge in [0.25, 0.3) is 0 Å². The molecule has 0 aromatic carbocycles. The lowest BCUT2D eigenvalue weighted by Gasteiger charge is -2.29. The highest BCUT2D eigenvalue weighted by molar-refractivity contribution is 5.97. The Hall–Kier alpha value is -4.85. The Bertz CT molecular complexity index is 1510. The van der Waals surface area contributed by atoms with Crippen LogP contribution in [0.1, 0.15) is 109 Å². The topological polar surface area (TPSA) is 316 Å². The maximum absolute atomic E-state index is 13.5. The van der Waals surface area contributed by atoms with Crippen LogP contribution in [0.4, 0.5) is 0 Å². The number of amides is 8. The fourth-order valence-corrected chi connectivity index (χ4v) is 5.88. The molecule has 0 saturated heterocycles. The van der Waals surface area contributed by atoms with Crippen molar-refractivity contribution in [2.45, 2.75) is 158 Å². The van der Waals surface area contributed by atoms with E-state index in [4.69, 9.17) is 5.73 Å². The number of carbonyl (C=O) groups is 9. The van der Waals surface area contributed by atoms with Crippen molar-refractivity contribution in [3.63, 3.8) is 0 Å². The Balaban J connectivity index is 5.67. The Labute approximate surface area is 360 Å². The number of carboxylic acids is 1. The van der Waals surface area contributed by atoms with E-state index in [0.29, 0.717) is 12.8 Å². The summed E-state index contributed by atoms with van der Waals surface area (Å²) in [5, 5.41) is 39.7. The van der Waals surface area contributed by atoms with Gasteiger partial charge in [-0.2, -0.15) is 0 Å². The molecule has 0 fully saturated rings. The average Bonchev–Trinajstić information content (AvgIpc) is 3.18. The predicted octanol–water partition coefficient (Wildman–Crippen LogP) is -0.973. The minimum atomic E-state index is -1.50. The van der Waals surface area contributed by atoms with E-state index in [1.165, 1.54) is 6.92 Å². The number of hydrogen-bond donors (Lipinski definition) is 11. The van der Waals surface area contributed by atoms with Crippen LogP contribution < -0.4 is 48.3 Å². The van der Waals surface area contributed by atoms with Crippen molar-refractivity contribution in [3.8, 4) is 0 Å². The van der Waals surface area contributed by atoms with Crippen molar-refractivity contribution >= 4 is 53.2 Å². The first kappa shape index (κ1) is 56.1. The number of nitrogens with one attached hydrogen (secondary N) is 8. The second-order valence-electron chi connectivity index (χ2n) is 17.3. The van der Waals surface area contributed by atoms with Gasteiger partial charge in [-0.3, -0.25) is 38.4 Å². The lowest BCUT2D eigenvalue weighted by Crippen LogP contribution is -2.61. The molecule has 0 saturated carbocycles. The van der Waals surface area contributed by atoms with Crippen LogP contribution in [0.2, 0.25) is 0 Å². The van der Waals surface area contributed by atoms with Gasteiger partial charge >= 0.3 is 5.97 Å². The van der Waals surface area contributed by atoms with E-state index in [9.17, 15) is 53.4 Å². The third-order valence-electron chi connectivity index (χ3n) is 10.4. The fourth-order valence-electron chi connectivity index (χ4n) is 5.88. The highest BCUT2D eigenvalue weighted by Gasteiger charge is 2.35. The number of nitrogens with two attached hydrogens (primary N) is 1. The fraction of sp³-hybridized carbons (Fsp3) is 0.780. The molecule has 20 nitrogen and oxygen atoms in total. The van der Waals surface area contributed by atoms with E-state index in [-0.39, 0.29) is 24.2 Å². The number of aliphatic hydroxyl groups excluding tert-OH is 1. The van der Waals surface area contributed by atoms with Crippen LogP contribution in [0, 0.1) is 35.5 Å². The molecule has 0 aliphatic heterocycles. The smallest absolute Gasteiger partial charge is 0.326 e. The molecule has 12 N–H and O–H groups in total. The number of aliphatic hydroxyl groups is 1. The van der Waals surface area contributed by atoms with Gasteiger partial charge in [0.2, 0.25) is 47.3 Å². The third kappa shape index (κ3) is 19.2. The summed E-state index contributed by atoms with van der Waals surface area (Å²) in [6, 6.07) is -9.34. The quantitative estimate of drug-likeness (QED) is 0.0475. The second kappa shape index (κ2) is 27.2. The molecular weight excluding hydrogens is 795 g/mol. The summed E-state index contributed by atoms with van der Waals surface area (Å²) in [5.74, 6) is -9.06. The maximum atomic E-state index is 13.5. The predicted molar refractivity (Wildman–Crippen MR) is 228 cm³/mol. The SMILES string of the molecule is CC[C@H](C)[C@H](N)C(=O)N[C@H](C(=O)N[C@@H](CO)C(=O)N[C@@H](C)C(=O)N[C@H](C(=O)N[C@H](C(=O)NCC(=O)N[C@H](C(=O)N[C@@H](CC(C)C)C(=O)O)[C@@H](C)CC)C(C)C)C(C)C)C(C)C. The highest BCUT2D eigenvalue weighted by Crippen LogP contribution is 2.12. The zero-order valence-corrected chi connectivity index (χ0v) is 38.3. The van der Waals surface area contributed by atoms with Crippen molar-refractivity contribution in [1.29, 1.82) is 0 Å². The molecule has 61 heavy (non-hydrogen) atoms. The zero-order chi connectivity index (χ0) is 47.5. The minimum absolute atomic E-state index is 0.0220. The first-order valence-corrected chi connectivity index (χ1v) is 21.2. The molecule has 0 aromatic heterocycles. The Morgan fingerprint density at radius 3 is 1.36 bits per heavy atom. The molecule has 0 bridgehead atoms. The van der Waals surface area contributed by atoms with Crippen molar-refractivity contribution in [2.24, 2.45) is 41.2 Å². The average molecular weight is 870 g/mol. The molecule has 0 aromatic rings. The zero-order valence-electron chi connectivity index (χ0n) is 38.3. The van der Waals surface area contributed by atoms with E-state index in [1.807, 2.05) is 20.8 Å². The number of carbonyl (C=O) groups excluding carboxylic acids is 8. The van der Waals surface area contributed by atoms with Gasteiger partial charge in [-0.25, -0.2) is 4.79 Å². The molecule has 0 heterocycles. The van der Waals surface area contributed by atoms with Crippen LogP contribution in [0.25, 0.3) is 0 Å². The summed E-state index contributed by atoms with van der Waals surface area (Å²) in [5.41, 5.74) is 6.02. The molecule has 10 atom stereocenters. The first-order valence-electron chi connectivity index (χ1n) is 21.2. The molecule has 0 aliphatic carbocycles. The largest absolute Gasteiger partial charge is 0.480 e. The lowest BCUT2D eigenvalue weighted by molar-refractivity contribution is -0.143. The Morgan fingerprint density at radius 2 is 0.918 bits per heavy atom. The van der Waals surface area contributed by atoms with Gasteiger partial charge in [-0.1, -0.05) is 95.9 Å². The summed E-state index contributed by atoms with van der Waals surface area (Å²) in [6.07, 6.45) is 1.29. The highest BCUT2D eigenvalue weighted by atomic mass is 16.4. The van der Waals surface area contributed by atoms with Gasteiger partial charge < -0.3 is 58.5 Å². The van der Waals surface area contributed by atoms with Crippen molar-refractivity contribution in [3.05, 3.63) is 0 Å². The second-order valence-corrected chi connectivity index (χ2v) is 17.3. The first-order chi connectivity index (χ1) is 28.2. The van der Waals surface area contributed by atoms with Crippen molar-refractivity contribution < 1.29 is 53.4 Å². The van der Waals surface area contributed by atoms with E-state index in [1.54, 1.807) is 62.3 Å². The molecule has 0 unspecified atom stereocenters.